The number of carbonyl (C=O) groups excluding carboxylic acids is 2. The molecule has 0 spiro atoms. The minimum Gasteiger partial charge on any atom is -0.330 e. The Hall–Kier alpha value is -1.49. The van der Waals surface area contributed by atoms with Gasteiger partial charge in [-0.05, 0) is 57.9 Å². The molecule has 5 N–H and O–H groups in total. The normalized spacial score (nSPS) is 13.6. The van der Waals surface area contributed by atoms with E-state index in [4.69, 9.17) is 11.5 Å². The zero-order valence-corrected chi connectivity index (χ0v) is 21.7. The first-order valence-corrected chi connectivity index (χ1v) is 14.2. The molecule has 0 aliphatic rings. The lowest BCUT2D eigenvalue weighted by molar-refractivity contribution is -0.261. The van der Waals surface area contributed by atoms with E-state index in [-0.39, 0.29) is 19.4 Å². The van der Waals surface area contributed by atoms with E-state index >= 15 is 0 Å². The van der Waals surface area contributed by atoms with Crippen LogP contribution in [0.4, 0.5) is 0 Å². The van der Waals surface area contributed by atoms with Gasteiger partial charge in [-0.1, -0.05) is 70.4 Å². The fourth-order valence-electron chi connectivity index (χ4n) is 3.40. The highest BCUT2D eigenvalue weighted by Crippen LogP contribution is 2.20. The molecule has 1 unspecified atom stereocenters. The van der Waals surface area contributed by atoms with E-state index in [9.17, 15) is 22.6 Å². The quantitative estimate of drug-likeness (QED) is 0.0659. The van der Waals surface area contributed by atoms with Crippen LogP contribution in [-0.2, 0) is 29.5 Å². The average Bonchev–Trinajstić information content (AvgIpc) is 2.79. The van der Waals surface area contributed by atoms with Gasteiger partial charge < -0.3 is 11.5 Å². The summed E-state index contributed by atoms with van der Waals surface area (Å²) in [6.45, 7) is 2.49. The van der Waals surface area contributed by atoms with Crippen molar-refractivity contribution >= 4 is 22.1 Å². The minimum atomic E-state index is -4.97. The van der Waals surface area contributed by atoms with Crippen LogP contribution >= 0.6 is 0 Å². The molecule has 0 aromatic heterocycles. The fourth-order valence-corrected chi connectivity index (χ4v) is 4.05. The first-order valence-electron chi connectivity index (χ1n) is 12.7. The van der Waals surface area contributed by atoms with Crippen LogP contribution in [0, 0.1) is 0 Å². The zero-order valence-electron chi connectivity index (χ0n) is 20.8. The molecule has 1 atom stereocenters. The summed E-state index contributed by atoms with van der Waals surface area (Å²) < 4.78 is 32.3. The molecule has 0 rings (SSSR count). The molecule has 0 aliphatic heterocycles. The van der Waals surface area contributed by atoms with E-state index in [1.807, 2.05) is 0 Å². The molecular weight excluding hydrogens is 460 g/mol. The second-order valence-corrected chi connectivity index (χ2v) is 10.4. The van der Waals surface area contributed by atoms with Crippen LogP contribution in [0.2, 0.25) is 0 Å². The van der Waals surface area contributed by atoms with Gasteiger partial charge in [0.25, 0.3) is 10.1 Å². The zero-order chi connectivity index (χ0) is 25.7. The molecule has 0 fully saturated rings. The molecule has 0 bridgehead atoms. The van der Waals surface area contributed by atoms with Crippen molar-refractivity contribution in [2.24, 2.45) is 11.5 Å². The Morgan fingerprint density at radius 3 is 1.88 bits per heavy atom. The van der Waals surface area contributed by atoms with Gasteiger partial charge in [0.1, 0.15) is 0 Å². The van der Waals surface area contributed by atoms with Gasteiger partial charge in [-0.3, -0.25) is 4.55 Å². The molecule has 9 nitrogen and oxygen atoms in total. The van der Waals surface area contributed by atoms with E-state index in [2.05, 4.69) is 28.9 Å². The Bertz CT molecular complexity index is 683. The largest absolute Gasteiger partial charge is 0.393 e. The van der Waals surface area contributed by atoms with Crippen molar-refractivity contribution in [3.05, 3.63) is 12.2 Å². The van der Waals surface area contributed by atoms with E-state index in [0.29, 0.717) is 12.8 Å². The Morgan fingerprint density at radius 1 is 0.824 bits per heavy atom. The van der Waals surface area contributed by atoms with Crippen LogP contribution in [0.3, 0.4) is 0 Å². The lowest BCUT2D eigenvalue weighted by Crippen LogP contribution is -2.55. The summed E-state index contributed by atoms with van der Waals surface area (Å²) in [6.07, 6.45) is 19.4. The Kier molecular flexibility index (Phi) is 18.9. The summed E-state index contributed by atoms with van der Waals surface area (Å²) in [5.74, 6) is -2.34. The molecule has 0 heterocycles. The number of rotatable bonds is 21. The SMILES string of the molecule is CCCCCCCC/C=C\CCCCCCCC(=O)OOC(=O)C(N)(CCCCN)S(=O)(=O)O. The third-order valence-corrected chi connectivity index (χ3v) is 6.95. The Morgan fingerprint density at radius 2 is 1.35 bits per heavy atom. The minimum absolute atomic E-state index is 0.0298. The predicted molar refractivity (Wildman–Crippen MR) is 133 cm³/mol. The predicted octanol–water partition coefficient (Wildman–Crippen LogP) is 4.70. The number of allylic oxidation sites excluding steroid dienone is 2. The average molecular weight is 507 g/mol. The topological polar surface area (TPSA) is 159 Å². The molecule has 0 radical (unpaired) electrons. The summed E-state index contributed by atoms with van der Waals surface area (Å²) in [4.78, 5) is 29.8. The number of hydrogen-bond acceptors (Lipinski definition) is 8. The van der Waals surface area contributed by atoms with Crippen molar-refractivity contribution < 1.29 is 32.3 Å². The number of unbranched alkanes of at least 4 members (excludes halogenated alkanes) is 12. The molecule has 0 aromatic carbocycles. The van der Waals surface area contributed by atoms with Gasteiger partial charge in [-0.15, -0.1) is 0 Å². The molecule has 0 aromatic rings. The van der Waals surface area contributed by atoms with Gasteiger partial charge in [0.2, 0.25) is 4.87 Å². The molecule has 0 saturated carbocycles. The van der Waals surface area contributed by atoms with Gasteiger partial charge in [0.05, 0.1) is 6.42 Å². The molecular formula is C24H46N2O7S. The van der Waals surface area contributed by atoms with Crippen molar-refractivity contribution in [3.63, 3.8) is 0 Å². The summed E-state index contributed by atoms with van der Waals surface area (Å²) in [5.41, 5.74) is 10.9. The Labute approximate surface area is 205 Å². The standard InChI is InChI=1S/C24H46N2O7S/c1-2-3-4-5-6-7-8-9-10-11-12-13-14-15-16-19-22(27)32-33-23(28)24(26,34(29,30)31)20-17-18-21-25/h9-10H,2-8,11-21,25-26H2,1H3,(H,29,30,31)/b10-9-. The fraction of sp³-hybridized carbons (Fsp3) is 0.833. The van der Waals surface area contributed by atoms with Crippen LogP contribution in [0.25, 0.3) is 0 Å². The van der Waals surface area contributed by atoms with Crippen LogP contribution < -0.4 is 11.5 Å². The van der Waals surface area contributed by atoms with Gasteiger partial charge in [-0.25, -0.2) is 19.4 Å². The molecule has 200 valence electrons. The highest BCUT2D eigenvalue weighted by atomic mass is 32.2. The summed E-state index contributed by atoms with van der Waals surface area (Å²) >= 11 is 0. The van der Waals surface area contributed by atoms with Gasteiger partial charge in [0.15, 0.2) is 0 Å². The van der Waals surface area contributed by atoms with Gasteiger partial charge in [-0.2, -0.15) is 8.42 Å². The highest BCUT2D eigenvalue weighted by Gasteiger charge is 2.49. The van der Waals surface area contributed by atoms with Crippen LogP contribution in [0.5, 0.6) is 0 Å². The maximum absolute atomic E-state index is 12.0. The summed E-state index contributed by atoms with van der Waals surface area (Å²) in [7, 11) is -4.97. The molecule has 34 heavy (non-hydrogen) atoms. The maximum Gasteiger partial charge on any atom is 0.393 e. The number of hydrogen-bond donors (Lipinski definition) is 3. The van der Waals surface area contributed by atoms with Crippen molar-refractivity contribution in [3.8, 4) is 0 Å². The van der Waals surface area contributed by atoms with Crippen LogP contribution in [-0.4, -0.2) is 36.3 Å². The second-order valence-electron chi connectivity index (χ2n) is 8.77. The summed E-state index contributed by atoms with van der Waals surface area (Å²) in [6, 6.07) is 0. The third kappa shape index (κ3) is 15.4. The van der Waals surface area contributed by atoms with Crippen LogP contribution in [0.1, 0.15) is 116 Å². The van der Waals surface area contributed by atoms with Gasteiger partial charge >= 0.3 is 11.9 Å². The number of carbonyl (C=O) groups is 2. The van der Waals surface area contributed by atoms with Crippen molar-refractivity contribution in [2.75, 3.05) is 6.54 Å². The summed E-state index contributed by atoms with van der Waals surface area (Å²) in [5, 5.41) is 0. The van der Waals surface area contributed by atoms with Crippen molar-refractivity contribution in [2.45, 2.75) is 121 Å². The lowest BCUT2D eigenvalue weighted by atomic mass is 10.1. The molecule has 0 saturated heterocycles. The third-order valence-electron chi connectivity index (χ3n) is 5.66. The highest BCUT2D eigenvalue weighted by molar-refractivity contribution is 7.88. The van der Waals surface area contributed by atoms with E-state index < -0.39 is 33.3 Å². The smallest absolute Gasteiger partial charge is 0.330 e. The molecule has 0 aliphatic carbocycles. The monoisotopic (exact) mass is 506 g/mol. The van der Waals surface area contributed by atoms with Crippen molar-refractivity contribution in [1.29, 1.82) is 0 Å². The first-order chi connectivity index (χ1) is 16.2. The number of nitrogens with two attached hydrogens (primary N) is 2. The molecule has 0 amide bonds. The maximum atomic E-state index is 12.0. The van der Waals surface area contributed by atoms with E-state index in [1.165, 1.54) is 38.5 Å². The lowest BCUT2D eigenvalue weighted by Gasteiger charge is -2.22. The van der Waals surface area contributed by atoms with Crippen LogP contribution in [0.15, 0.2) is 12.2 Å². The van der Waals surface area contributed by atoms with E-state index in [0.717, 1.165) is 38.5 Å². The first kappa shape index (κ1) is 32.5. The van der Waals surface area contributed by atoms with Gasteiger partial charge in [0, 0.05) is 0 Å². The van der Waals surface area contributed by atoms with E-state index in [1.54, 1.807) is 0 Å². The van der Waals surface area contributed by atoms with Crippen molar-refractivity contribution in [1.82, 2.24) is 0 Å². The Balaban J connectivity index is 3.87. The second kappa shape index (κ2) is 19.8. The molecule has 10 heteroatoms.